The number of nitrogens with one attached hydrogen (secondary N) is 1. The first-order valence-corrected chi connectivity index (χ1v) is 10.2. The zero-order valence-electron chi connectivity index (χ0n) is 17.1. The van der Waals surface area contributed by atoms with E-state index in [1.54, 1.807) is 0 Å². The van der Waals surface area contributed by atoms with Crippen molar-refractivity contribution in [3.8, 4) is 0 Å². The van der Waals surface area contributed by atoms with Gasteiger partial charge in [0.25, 0.3) is 0 Å². The third-order valence-electron chi connectivity index (χ3n) is 5.16. The minimum atomic E-state index is 0.0172. The van der Waals surface area contributed by atoms with E-state index in [9.17, 15) is 0 Å². The average Bonchev–Trinajstić information content (AvgIpc) is 3.20. The van der Waals surface area contributed by atoms with Crippen LogP contribution in [0, 0.1) is 0 Å². The predicted molar refractivity (Wildman–Crippen MR) is 115 cm³/mol. The molecule has 1 fully saturated rings. The van der Waals surface area contributed by atoms with E-state index in [0.29, 0.717) is 13.2 Å². The van der Waals surface area contributed by atoms with E-state index in [4.69, 9.17) is 9.73 Å². The van der Waals surface area contributed by atoms with Gasteiger partial charge < -0.3 is 15.0 Å². The van der Waals surface area contributed by atoms with Gasteiger partial charge in [0.1, 0.15) is 6.10 Å². The van der Waals surface area contributed by atoms with Gasteiger partial charge in [0.15, 0.2) is 5.96 Å². The Morgan fingerprint density at radius 3 is 3.03 bits per heavy atom. The van der Waals surface area contributed by atoms with Crippen LogP contribution in [0.2, 0.25) is 0 Å². The lowest BCUT2D eigenvalue weighted by Crippen LogP contribution is -2.48. The average molecular weight is 393 g/mol. The van der Waals surface area contributed by atoms with Crippen molar-refractivity contribution in [2.75, 3.05) is 32.8 Å². The number of aromatic nitrogens is 3. The molecule has 0 amide bonds. The van der Waals surface area contributed by atoms with Gasteiger partial charge in [-0.2, -0.15) is 5.10 Å². The fraction of sp³-hybridized carbons (Fsp3) is 0.409. The van der Waals surface area contributed by atoms with Crippen molar-refractivity contribution in [3.05, 3.63) is 60.0 Å². The minimum absolute atomic E-state index is 0.0172. The first-order valence-electron chi connectivity index (χ1n) is 10.2. The highest BCUT2D eigenvalue weighted by atomic mass is 16.5. The minimum Gasteiger partial charge on any atom is -0.370 e. The zero-order chi connectivity index (χ0) is 20.1. The van der Waals surface area contributed by atoms with Gasteiger partial charge in [-0.25, -0.2) is 0 Å². The molecule has 0 saturated carbocycles. The molecule has 4 rings (SSSR count). The number of hydrogen-bond acceptors (Lipinski definition) is 4. The maximum Gasteiger partial charge on any atom is 0.194 e. The summed E-state index contributed by atoms with van der Waals surface area (Å²) in [5, 5.41) is 8.88. The predicted octanol–water partition coefficient (Wildman–Crippen LogP) is 2.55. The van der Waals surface area contributed by atoms with Gasteiger partial charge in [-0.1, -0.05) is 24.3 Å². The zero-order valence-corrected chi connectivity index (χ0v) is 17.1. The van der Waals surface area contributed by atoms with Gasteiger partial charge in [0, 0.05) is 50.0 Å². The molecule has 0 spiro atoms. The summed E-state index contributed by atoms with van der Waals surface area (Å²) in [6.07, 6.45) is 6.63. The number of pyridine rings is 1. The van der Waals surface area contributed by atoms with Crippen LogP contribution in [0.4, 0.5) is 0 Å². The van der Waals surface area contributed by atoms with Crippen molar-refractivity contribution < 1.29 is 4.74 Å². The second kappa shape index (κ2) is 9.05. The Morgan fingerprint density at radius 2 is 2.21 bits per heavy atom. The van der Waals surface area contributed by atoms with Crippen LogP contribution in [-0.2, 0) is 18.2 Å². The standard InChI is InChI=1S/C22H28N6O/c1-3-23-22(28-12-13-29-20(16-28)19-14-26-27(2)15-19)25-11-9-18-7-4-6-17-8-5-10-24-21(17)18/h4-8,10,14-15,20H,3,9,11-13,16H2,1-2H3,(H,23,25). The molecule has 1 aromatic carbocycles. The Balaban J connectivity index is 1.45. The van der Waals surface area contributed by atoms with Crippen LogP contribution in [0.5, 0.6) is 0 Å². The monoisotopic (exact) mass is 392 g/mol. The van der Waals surface area contributed by atoms with E-state index in [0.717, 1.165) is 43.1 Å². The number of nitrogens with zero attached hydrogens (tertiary/aromatic N) is 5. The molecule has 0 radical (unpaired) electrons. The molecule has 7 heteroatoms. The maximum atomic E-state index is 5.97. The number of aryl methyl sites for hydroxylation is 1. The third kappa shape index (κ3) is 4.56. The smallest absolute Gasteiger partial charge is 0.194 e. The number of rotatable bonds is 5. The topological polar surface area (TPSA) is 67.6 Å². The van der Waals surface area contributed by atoms with E-state index in [2.05, 4.69) is 51.5 Å². The first-order chi connectivity index (χ1) is 14.2. The van der Waals surface area contributed by atoms with Crippen molar-refractivity contribution >= 4 is 16.9 Å². The van der Waals surface area contributed by atoms with E-state index in [1.165, 1.54) is 10.9 Å². The molecule has 0 aliphatic carbocycles. The van der Waals surface area contributed by atoms with Crippen molar-refractivity contribution in [1.29, 1.82) is 0 Å². The number of hydrogen-bond donors (Lipinski definition) is 1. The summed E-state index contributed by atoms with van der Waals surface area (Å²) in [5.41, 5.74) is 3.41. The Morgan fingerprint density at radius 1 is 1.31 bits per heavy atom. The Bertz CT molecular complexity index is 977. The molecule has 29 heavy (non-hydrogen) atoms. The van der Waals surface area contributed by atoms with Gasteiger partial charge in [0.2, 0.25) is 0 Å². The summed E-state index contributed by atoms with van der Waals surface area (Å²) in [4.78, 5) is 11.7. The van der Waals surface area contributed by atoms with Crippen molar-refractivity contribution in [1.82, 2.24) is 25.0 Å². The fourth-order valence-corrected chi connectivity index (χ4v) is 3.73. The quantitative estimate of drug-likeness (QED) is 0.534. The molecule has 1 N–H and O–H groups in total. The van der Waals surface area contributed by atoms with Gasteiger partial charge in [0.05, 0.1) is 24.9 Å². The van der Waals surface area contributed by atoms with Crippen LogP contribution in [0.3, 0.4) is 0 Å². The van der Waals surface area contributed by atoms with Crippen LogP contribution in [0.25, 0.3) is 10.9 Å². The molecular weight excluding hydrogens is 364 g/mol. The largest absolute Gasteiger partial charge is 0.370 e. The van der Waals surface area contributed by atoms with Crippen LogP contribution in [-0.4, -0.2) is 58.4 Å². The molecule has 1 atom stereocenters. The summed E-state index contributed by atoms with van der Waals surface area (Å²) < 4.78 is 7.79. The van der Waals surface area contributed by atoms with Gasteiger partial charge in [-0.3, -0.25) is 14.7 Å². The van der Waals surface area contributed by atoms with E-state index in [-0.39, 0.29) is 6.10 Å². The van der Waals surface area contributed by atoms with Crippen molar-refractivity contribution in [2.45, 2.75) is 19.4 Å². The highest BCUT2D eigenvalue weighted by Crippen LogP contribution is 2.22. The van der Waals surface area contributed by atoms with Gasteiger partial charge >= 0.3 is 0 Å². The summed E-state index contributed by atoms with van der Waals surface area (Å²) >= 11 is 0. The van der Waals surface area contributed by atoms with Crippen molar-refractivity contribution in [3.63, 3.8) is 0 Å². The van der Waals surface area contributed by atoms with Crippen molar-refractivity contribution in [2.24, 2.45) is 12.0 Å². The molecule has 1 aliphatic rings. The lowest BCUT2D eigenvalue weighted by molar-refractivity contribution is -0.00803. The second-order valence-corrected chi connectivity index (χ2v) is 7.23. The summed E-state index contributed by atoms with van der Waals surface area (Å²) in [6, 6.07) is 10.4. The first kappa shape index (κ1) is 19.4. The highest BCUT2D eigenvalue weighted by Gasteiger charge is 2.25. The normalized spacial score (nSPS) is 17.7. The van der Waals surface area contributed by atoms with Gasteiger partial charge in [-0.05, 0) is 25.0 Å². The number of ether oxygens (including phenoxy) is 1. The van der Waals surface area contributed by atoms with Gasteiger partial charge in [-0.15, -0.1) is 0 Å². The van der Waals surface area contributed by atoms with Crippen LogP contribution < -0.4 is 5.32 Å². The molecule has 3 aromatic rings. The molecule has 1 unspecified atom stereocenters. The molecule has 1 aliphatic heterocycles. The maximum absolute atomic E-state index is 5.97. The molecule has 1 saturated heterocycles. The number of morpholine rings is 1. The molecule has 3 heterocycles. The Hall–Kier alpha value is -2.93. The summed E-state index contributed by atoms with van der Waals surface area (Å²) in [6.45, 7) is 5.93. The molecule has 2 aromatic heterocycles. The number of aliphatic imine (C=N–C) groups is 1. The third-order valence-corrected chi connectivity index (χ3v) is 5.16. The van der Waals surface area contributed by atoms with E-state index < -0.39 is 0 Å². The lowest BCUT2D eigenvalue weighted by Gasteiger charge is -2.34. The number of guanidine groups is 1. The Labute approximate surface area is 171 Å². The fourth-order valence-electron chi connectivity index (χ4n) is 3.73. The number of fused-ring (bicyclic) bond motifs is 1. The van der Waals surface area contributed by atoms with Crippen LogP contribution in [0.1, 0.15) is 24.2 Å². The number of para-hydroxylation sites is 1. The second-order valence-electron chi connectivity index (χ2n) is 7.23. The highest BCUT2D eigenvalue weighted by molar-refractivity contribution is 5.82. The number of benzene rings is 1. The molecule has 7 nitrogen and oxygen atoms in total. The van der Waals surface area contributed by atoms with E-state index in [1.807, 2.05) is 36.4 Å². The molecule has 0 bridgehead atoms. The van der Waals surface area contributed by atoms with Crippen LogP contribution >= 0.6 is 0 Å². The lowest BCUT2D eigenvalue weighted by atomic mass is 10.1. The SMILES string of the molecule is CCNC(=NCCc1cccc2cccnc12)N1CCOC(c2cnn(C)c2)C1. The van der Waals surface area contributed by atoms with Crippen LogP contribution in [0.15, 0.2) is 53.9 Å². The summed E-state index contributed by atoms with van der Waals surface area (Å²) in [5.74, 6) is 0.942. The molecule has 152 valence electrons. The summed E-state index contributed by atoms with van der Waals surface area (Å²) in [7, 11) is 1.93. The van der Waals surface area contributed by atoms with E-state index >= 15 is 0 Å². The Kier molecular flexibility index (Phi) is 6.05. The molecular formula is C22H28N6O.